The molecule has 210 valence electrons. The molecule has 1 nitrogen and oxygen atoms in total. The van der Waals surface area contributed by atoms with Gasteiger partial charge in [-0.15, -0.1) is 0 Å². The minimum absolute atomic E-state index is 0. The monoisotopic (exact) mass is 640 g/mol. The summed E-state index contributed by atoms with van der Waals surface area (Å²) in [5.74, 6) is 2.14. The normalized spacial score (nSPS) is 13.1. The van der Waals surface area contributed by atoms with Crippen LogP contribution in [0, 0.1) is 13.0 Å². The number of hydrogen-bond acceptors (Lipinski definition) is 1. The van der Waals surface area contributed by atoms with E-state index in [4.69, 9.17) is 4.74 Å². The number of allylic oxidation sites excluding steroid dienone is 2. The van der Waals surface area contributed by atoms with Gasteiger partial charge in [0.25, 0.3) is 0 Å². The second-order valence-corrected chi connectivity index (χ2v) is 12.9. The van der Waals surface area contributed by atoms with Crippen LogP contribution in [0.15, 0.2) is 145 Å². The zero-order valence-corrected chi connectivity index (χ0v) is 28.2. The van der Waals surface area contributed by atoms with Gasteiger partial charge in [-0.1, -0.05) is 116 Å². The minimum Gasteiger partial charge on any atom is -1.00 e. The van der Waals surface area contributed by atoms with Gasteiger partial charge in [-0.3, -0.25) is 0 Å². The Labute approximate surface area is 280 Å². The van der Waals surface area contributed by atoms with Crippen LogP contribution in [0.3, 0.4) is 0 Å². The van der Waals surface area contributed by atoms with Crippen molar-refractivity contribution >= 4 is 14.4 Å². The van der Waals surface area contributed by atoms with Crippen LogP contribution in [0.1, 0.15) is 39.3 Å². The van der Waals surface area contributed by atoms with Crippen molar-refractivity contribution in [3.63, 3.8) is 0 Å². The zero-order valence-electron chi connectivity index (χ0n) is 24.1. The smallest absolute Gasteiger partial charge is 1.00 e. The number of ether oxygens (including phenoxy) is 1. The molecule has 0 aliphatic heterocycles. The minimum atomic E-state index is -0.715. The molecule has 1 aliphatic carbocycles. The fourth-order valence-corrected chi connectivity index (χ4v) is 6.96. The number of rotatable bonds is 6. The largest absolute Gasteiger partial charge is 3.00 e. The third kappa shape index (κ3) is 8.37. The van der Waals surface area contributed by atoms with Crippen molar-refractivity contribution < 1.29 is 51.3 Å². The maximum Gasteiger partial charge on any atom is 3.00 e. The molecule has 1 unspecified atom stereocenters. The van der Waals surface area contributed by atoms with Crippen LogP contribution in [-0.4, -0.2) is 8.80 Å². The summed E-state index contributed by atoms with van der Waals surface area (Å²) in [6.45, 7) is 6.99. The summed E-state index contributed by atoms with van der Waals surface area (Å²) < 4.78 is 6.81. The van der Waals surface area contributed by atoms with Gasteiger partial charge in [-0.25, -0.2) is 0 Å². The molecule has 6 rings (SSSR count). The first kappa shape index (κ1) is 35.3. The Hall–Kier alpha value is -2.85. The molecule has 0 saturated carbocycles. The third-order valence-electron chi connectivity index (χ3n) is 7.05. The van der Waals surface area contributed by atoms with E-state index >= 15 is 0 Å². The molecule has 5 heteroatoms. The molecule has 0 fully saturated rings. The van der Waals surface area contributed by atoms with Crippen molar-refractivity contribution in [2.75, 3.05) is 0 Å². The number of benzene rings is 5. The van der Waals surface area contributed by atoms with Crippen LogP contribution in [-0.2, 0) is 21.7 Å². The van der Waals surface area contributed by atoms with Crippen molar-refractivity contribution in [3.8, 4) is 5.75 Å². The molecule has 5 aromatic carbocycles. The van der Waals surface area contributed by atoms with Gasteiger partial charge >= 0.3 is 21.7 Å². The average Bonchev–Trinajstić information content (AvgIpc) is 3.29. The zero-order chi connectivity index (χ0) is 27.0. The molecule has 0 spiro atoms. The van der Waals surface area contributed by atoms with E-state index in [-0.39, 0.29) is 52.4 Å². The van der Waals surface area contributed by atoms with E-state index in [1.54, 1.807) is 0 Å². The van der Waals surface area contributed by atoms with E-state index in [9.17, 15) is 0 Å². The molecule has 0 bridgehead atoms. The van der Waals surface area contributed by atoms with Gasteiger partial charge in [0, 0.05) is 17.0 Å². The van der Waals surface area contributed by atoms with Crippen molar-refractivity contribution in [1.82, 2.24) is 0 Å². The summed E-state index contributed by atoms with van der Waals surface area (Å²) in [4.78, 5) is 0. The number of hydrogen-bond donors (Lipinski definition) is 0. The fourth-order valence-electron chi connectivity index (χ4n) is 5.34. The first-order valence-corrected chi connectivity index (χ1v) is 16.1. The Morgan fingerprint density at radius 2 is 1.17 bits per heavy atom. The molecule has 2 radical (unpaired) electrons. The predicted octanol–water partition coefficient (Wildman–Crippen LogP) is 3.50. The van der Waals surface area contributed by atoms with Crippen molar-refractivity contribution in [1.29, 1.82) is 0 Å². The molecular formula is C37H34Cl2OSiTi. The molecule has 0 N–H and O–H groups in total. The van der Waals surface area contributed by atoms with E-state index in [0.29, 0.717) is 5.54 Å². The van der Waals surface area contributed by atoms with Crippen LogP contribution in [0.5, 0.6) is 5.75 Å². The van der Waals surface area contributed by atoms with Crippen LogP contribution in [0.2, 0.25) is 13.1 Å². The Bertz CT molecular complexity index is 1450. The van der Waals surface area contributed by atoms with Gasteiger partial charge in [0.05, 0.1) is 8.80 Å². The number of aryl methyl sites for hydroxylation is 1. The van der Waals surface area contributed by atoms with E-state index in [2.05, 4.69) is 117 Å². The second-order valence-electron chi connectivity index (χ2n) is 10.1. The maximum atomic E-state index is 6.81. The molecule has 0 saturated heterocycles. The van der Waals surface area contributed by atoms with Crippen LogP contribution in [0.4, 0.5) is 0 Å². The summed E-state index contributed by atoms with van der Waals surface area (Å²) in [6.07, 6.45) is 0. The summed E-state index contributed by atoms with van der Waals surface area (Å²) in [5.41, 5.74) is 8.25. The van der Waals surface area contributed by atoms with Gasteiger partial charge in [-0.05, 0) is 41.3 Å². The standard InChI is InChI=1S/C31H29OSi.C6H5.2ClH.Ti/c1-22-19-20-26-27(21-22)29(30(31(26)33(2)3)32-25-17-11-6-12-18-25)28(23-13-7-4-8-14-23)24-15-9-5-10-16-24;1-2-4-6-5-3-1;;;/h4-21,28,31H,1-3H3;1-5H;2*1H;/q;-1;;;+3/p-2. The summed E-state index contributed by atoms with van der Waals surface area (Å²) in [5, 5.41) is 0. The SMILES string of the molecule is Cc1ccc2c(c1)C(C(c1ccccc1)c1ccccc1)=C(Oc1ccccc1)C2[Si](C)C.[Cl-].[Cl-].[Ti+3].[c-]1ccccc1. The van der Waals surface area contributed by atoms with Crippen LogP contribution >= 0.6 is 0 Å². The van der Waals surface area contributed by atoms with Gasteiger partial charge in [0.15, 0.2) is 0 Å². The van der Waals surface area contributed by atoms with E-state index in [1.807, 2.05) is 48.5 Å². The fraction of sp³-hybridized carbons (Fsp3) is 0.135. The van der Waals surface area contributed by atoms with Gasteiger partial charge < -0.3 is 29.6 Å². The molecule has 1 atom stereocenters. The van der Waals surface area contributed by atoms with Crippen LogP contribution < -0.4 is 29.6 Å². The molecule has 42 heavy (non-hydrogen) atoms. The average molecular weight is 642 g/mol. The predicted molar refractivity (Wildman–Crippen MR) is 165 cm³/mol. The quantitative estimate of drug-likeness (QED) is 0.204. The van der Waals surface area contributed by atoms with Crippen LogP contribution in [0.25, 0.3) is 5.57 Å². The maximum absolute atomic E-state index is 6.81. The Kier molecular flexibility index (Phi) is 14.6. The molecular weight excluding hydrogens is 607 g/mol. The van der Waals surface area contributed by atoms with Gasteiger partial charge in [0.1, 0.15) is 11.5 Å². The Balaban J connectivity index is 0.000000613. The van der Waals surface area contributed by atoms with E-state index in [1.165, 1.54) is 33.4 Å². The first-order valence-electron chi connectivity index (χ1n) is 13.5. The van der Waals surface area contributed by atoms with E-state index in [0.717, 1.165) is 11.5 Å². The first-order chi connectivity index (χ1) is 19.1. The number of para-hydroxylation sites is 1. The van der Waals surface area contributed by atoms with E-state index < -0.39 is 8.80 Å². The molecule has 5 aromatic rings. The molecule has 0 amide bonds. The van der Waals surface area contributed by atoms with Gasteiger partial charge in [0.2, 0.25) is 0 Å². The number of halogens is 2. The summed E-state index contributed by atoms with van der Waals surface area (Å²) in [6, 6.07) is 51.5. The third-order valence-corrected chi connectivity index (χ3v) is 8.78. The van der Waals surface area contributed by atoms with Crippen molar-refractivity contribution in [2.24, 2.45) is 0 Å². The molecule has 1 aliphatic rings. The number of fused-ring (bicyclic) bond motifs is 1. The Morgan fingerprint density at radius 1 is 0.667 bits per heavy atom. The Morgan fingerprint density at radius 3 is 1.62 bits per heavy atom. The van der Waals surface area contributed by atoms with Crippen molar-refractivity contribution in [2.45, 2.75) is 31.5 Å². The van der Waals surface area contributed by atoms with Crippen molar-refractivity contribution in [3.05, 3.63) is 179 Å². The molecule has 0 aromatic heterocycles. The topological polar surface area (TPSA) is 9.23 Å². The van der Waals surface area contributed by atoms with Gasteiger partial charge in [-0.2, -0.15) is 36.4 Å². The summed E-state index contributed by atoms with van der Waals surface area (Å²) in [7, 11) is -0.715. The second kappa shape index (κ2) is 17.3. The summed E-state index contributed by atoms with van der Waals surface area (Å²) >= 11 is 0. The molecule has 0 heterocycles.